The molecule has 1 unspecified atom stereocenters. The Morgan fingerprint density at radius 3 is 2.42 bits per heavy atom. The summed E-state index contributed by atoms with van der Waals surface area (Å²) in [5.74, 6) is 0.880. The Morgan fingerprint density at radius 1 is 1.23 bits per heavy atom. The predicted octanol–water partition coefficient (Wildman–Crippen LogP) is 3.83. The third-order valence-electron chi connectivity index (χ3n) is 4.32. The zero-order chi connectivity index (χ0) is 23.0. The second-order valence-corrected chi connectivity index (χ2v) is 7.97. The van der Waals surface area contributed by atoms with Gasteiger partial charge in [-0.1, -0.05) is 48.1 Å². The number of ether oxygens (including phenoxy) is 1. The summed E-state index contributed by atoms with van der Waals surface area (Å²) in [5, 5.41) is 19.0. The van der Waals surface area contributed by atoms with Crippen molar-refractivity contribution < 1.29 is 14.6 Å². The van der Waals surface area contributed by atoms with E-state index in [2.05, 4.69) is 32.3 Å². The number of aromatic amines is 1. The first-order valence-electron chi connectivity index (χ1n) is 9.98. The second kappa shape index (κ2) is 10.5. The van der Waals surface area contributed by atoms with E-state index in [-0.39, 0.29) is 0 Å². The summed E-state index contributed by atoms with van der Waals surface area (Å²) in [7, 11) is 3.51. The van der Waals surface area contributed by atoms with Crippen LogP contribution in [0.5, 0.6) is 0 Å². The molecule has 2 rings (SSSR count). The Balaban J connectivity index is 2.42. The Bertz CT molecular complexity index is 944. The maximum atomic E-state index is 12.8. The van der Waals surface area contributed by atoms with E-state index < -0.39 is 17.7 Å². The number of anilines is 1. The zero-order valence-electron chi connectivity index (χ0n) is 19.0. The number of H-pyrrole nitrogens is 1. The molecule has 0 aliphatic heterocycles. The first-order chi connectivity index (χ1) is 14.7. The van der Waals surface area contributed by atoms with Crippen LogP contribution in [0.25, 0.3) is 5.57 Å². The lowest BCUT2D eigenvalue weighted by Gasteiger charge is -2.29. The molecule has 1 aromatic carbocycles. The highest BCUT2D eigenvalue weighted by Crippen LogP contribution is 2.27. The Kier molecular flexibility index (Phi) is 8.01. The lowest BCUT2D eigenvalue weighted by Crippen LogP contribution is -2.39. The minimum Gasteiger partial charge on any atom is -0.444 e. The molecule has 1 aromatic heterocycles. The summed E-state index contributed by atoms with van der Waals surface area (Å²) in [6, 6.07) is 7.11. The van der Waals surface area contributed by atoms with Gasteiger partial charge in [-0.2, -0.15) is 0 Å². The molecule has 0 fully saturated rings. The highest BCUT2D eigenvalue weighted by molar-refractivity contribution is 5.69. The highest BCUT2D eigenvalue weighted by Gasteiger charge is 2.32. The van der Waals surface area contributed by atoms with Crippen molar-refractivity contribution in [2.24, 2.45) is 0 Å². The third-order valence-corrected chi connectivity index (χ3v) is 4.32. The Hall–Kier alpha value is -3.55. The fraction of sp³-hybridized carbons (Fsp3) is 0.348. The van der Waals surface area contributed by atoms with E-state index in [4.69, 9.17) is 4.74 Å². The van der Waals surface area contributed by atoms with E-state index in [1.165, 1.54) is 4.90 Å². The van der Waals surface area contributed by atoms with Crippen LogP contribution in [0.4, 0.5) is 10.5 Å². The van der Waals surface area contributed by atoms with Crippen LogP contribution < -0.4 is 10.4 Å². The number of allylic oxidation sites excluding steroid dienone is 5. The molecule has 0 aliphatic rings. The second-order valence-electron chi connectivity index (χ2n) is 7.97. The molecule has 0 saturated carbocycles. The average Bonchev–Trinajstić information content (AvgIpc) is 2.73. The van der Waals surface area contributed by atoms with Crippen molar-refractivity contribution in [1.82, 2.24) is 20.2 Å². The van der Waals surface area contributed by atoms with Crippen LogP contribution in [-0.2, 0) is 4.74 Å². The molecule has 0 spiro atoms. The molecular weight excluding hydrogens is 392 g/mol. The lowest BCUT2D eigenvalue weighted by atomic mass is 10.0. The van der Waals surface area contributed by atoms with Gasteiger partial charge in [-0.15, -0.1) is 5.10 Å². The van der Waals surface area contributed by atoms with Gasteiger partial charge in [-0.3, -0.25) is 4.90 Å². The van der Waals surface area contributed by atoms with Crippen LogP contribution in [0.15, 0.2) is 55.1 Å². The normalized spacial score (nSPS) is 13.0. The van der Waals surface area contributed by atoms with Gasteiger partial charge in [0.1, 0.15) is 11.6 Å². The maximum absolute atomic E-state index is 12.8. The van der Waals surface area contributed by atoms with Gasteiger partial charge in [0, 0.05) is 25.4 Å². The van der Waals surface area contributed by atoms with E-state index in [1.54, 1.807) is 13.1 Å². The molecule has 1 atom stereocenters. The smallest absolute Gasteiger partial charge is 0.410 e. The topological polar surface area (TPSA) is 94.4 Å². The van der Waals surface area contributed by atoms with Crippen molar-refractivity contribution in [3.63, 3.8) is 0 Å². The Morgan fingerprint density at radius 2 is 1.90 bits per heavy atom. The number of aromatic nitrogens is 4. The van der Waals surface area contributed by atoms with Gasteiger partial charge in [-0.25, -0.2) is 4.79 Å². The number of rotatable bonds is 7. The van der Waals surface area contributed by atoms with Crippen molar-refractivity contribution in [3.05, 3.63) is 72.4 Å². The number of amides is 1. The SMILES string of the molecule is C=C/C=C\C=C(/C)c1nnc(C(c2ccc(NC)cc2)N(C)C(=O)OC(C)(C)C)n[nH+]1. The van der Waals surface area contributed by atoms with Gasteiger partial charge < -0.3 is 10.1 Å². The summed E-state index contributed by atoms with van der Waals surface area (Å²) in [5.41, 5.74) is 2.02. The van der Waals surface area contributed by atoms with Gasteiger partial charge >= 0.3 is 11.9 Å². The molecule has 31 heavy (non-hydrogen) atoms. The number of nitrogens with zero attached hydrogens (tertiary/aromatic N) is 4. The van der Waals surface area contributed by atoms with Crippen molar-refractivity contribution in [3.8, 4) is 0 Å². The van der Waals surface area contributed by atoms with E-state index in [0.29, 0.717) is 11.6 Å². The van der Waals surface area contributed by atoms with E-state index >= 15 is 0 Å². The van der Waals surface area contributed by atoms with Crippen LogP contribution in [-0.4, -0.2) is 46.0 Å². The summed E-state index contributed by atoms with van der Waals surface area (Å²) in [6.07, 6.45) is 6.77. The number of hydrogen-bond acceptors (Lipinski definition) is 6. The maximum Gasteiger partial charge on any atom is 0.410 e. The van der Waals surface area contributed by atoms with Gasteiger partial charge in [0.05, 0.1) is 5.10 Å². The zero-order valence-corrected chi connectivity index (χ0v) is 19.0. The minimum absolute atomic E-state index is 0.351. The van der Waals surface area contributed by atoms with E-state index in [0.717, 1.165) is 16.8 Å². The fourth-order valence-corrected chi connectivity index (χ4v) is 2.71. The number of benzene rings is 1. The number of hydrogen-bond donors (Lipinski definition) is 1. The standard InChI is InChI=1S/C23H30N6O2/c1-8-9-10-11-16(2)20-25-27-21(28-26-20)19(17-12-14-18(24-6)15-13-17)29(7)22(30)31-23(3,4)5/h8-15,19,24H,1H2,2-7H3/p+1/b10-9-,16-11+. The van der Waals surface area contributed by atoms with Crippen LogP contribution in [0.1, 0.15) is 50.9 Å². The van der Waals surface area contributed by atoms with E-state index in [9.17, 15) is 4.79 Å². The molecule has 0 bridgehead atoms. The van der Waals surface area contributed by atoms with Gasteiger partial charge in [0.15, 0.2) is 0 Å². The first kappa shape index (κ1) is 23.7. The van der Waals surface area contributed by atoms with Crippen LogP contribution in [0, 0.1) is 0 Å². The lowest BCUT2D eigenvalue weighted by molar-refractivity contribution is -0.466. The monoisotopic (exact) mass is 423 g/mol. The van der Waals surface area contributed by atoms with Crippen molar-refractivity contribution in [2.45, 2.75) is 39.3 Å². The van der Waals surface area contributed by atoms with Crippen LogP contribution in [0.3, 0.4) is 0 Å². The van der Waals surface area contributed by atoms with Gasteiger partial charge in [0.25, 0.3) is 0 Å². The molecule has 2 N–H and O–H groups in total. The van der Waals surface area contributed by atoms with Crippen LogP contribution in [0.2, 0.25) is 0 Å². The third kappa shape index (κ3) is 6.74. The molecule has 0 aliphatic carbocycles. The summed E-state index contributed by atoms with van der Waals surface area (Å²) >= 11 is 0. The van der Waals surface area contributed by atoms with Crippen molar-refractivity contribution in [1.29, 1.82) is 0 Å². The van der Waals surface area contributed by atoms with E-state index in [1.807, 2.05) is 77.2 Å². The van der Waals surface area contributed by atoms with Gasteiger partial charge in [0.2, 0.25) is 5.82 Å². The largest absolute Gasteiger partial charge is 0.444 e. The molecule has 1 amide bonds. The quantitative estimate of drug-likeness (QED) is 0.680. The van der Waals surface area contributed by atoms with Crippen molar-refractivity contribution >= 4 is 17.4 Å². The molecule has 2 aromatic rings. The summed E-state index contributed by atoms with van der Waals surface area (Å²) in [6.45, 7) is 11.0. The molecule has 8 heteroatoms. The molecule has 8 nitrogen and oxygen atoms in total. The van der Waals surface area contributed by atoms with Crippen molar-refractivity contribution in [2.75, 3.05) is 19.4 Å². The van der Waals surface area contributed by atoms with Gasteiger partial charge in [-0.05, 0) is 50.5 Å². The number of nitrogens with one attached hydrogen (secondary N) is 2. The predicted molar refractivity (Wildman–Crippen MR) is 121 cm³/mol. The molecule has 1 heterocycles. The molecule has 0 saturated heterocycles. The minimum atomic E-state index is -0.623. The molecular formula is C23H31N6O2+. The summed E-state index contributed by atoms with van der Waals surface area (Å²) < 4.78 is 5.55. The average molecular weight is 424 g/mol. The molecule has 0 radical (unpaired) electrons. The fourth-order valence-electron chi connectivity index (χ4n) is 2.71. The number of carbonyl (C=O) groups excluding carboxylic acids is 1. The molecule has 164 valence electrons. The summed E-state index contributed by atoms with van der Waals surface area (Å²) in [4.78, 5) is 14.2. The highest BCUT2D eigenvalue weighted by atomic mass is 16.6. The first-order valence-corrected chi connectivity index (χ1v) is 9.98. The van der Waals surface area contributed by atoms with Crippen LogP contribution >= 0.6 is 0 Å². The Labute approximate surface area is 183 Å². The number of carbonyl (C=O) groups is 1.